The molecule has 0 bridgehead atoms. The molecule has 0 radical (unpaired) electrons. The first-order chi connectivity index (χ1) is 18.8. The average Bonchev–Trinajstić information content (AvgIpc) is 2.85. The van der Waals surface area contributed by atoms with Crippen LogP contribution in [0.4, 0.5) is 0 Å². The molecule has 0 saturated carbocycles. The van der Waals surface area contributed by atoms with E-state index in [0.29, 0.717) is 0 Å². The minimum absolute atomic E-state index is 0.793. The molecule has 1 saturated heterocycles. The van der Waals surface area contributed by atoms with Gasteiger partial charge in [-0.25, -0.2) is 0 Å². The number of hydrogen-bond donors (Lipinski definition) is 0. The van der Waals surface area contributed by atoms with Crippen LogP contribution in [0.5, 0.6) is 0 Å². The van der Waals surface area contributed by atoms with E-state index in [2.05, 4.69) is 62.3 Å². The molecule has 0 N–H and O–H groups in total. The molecule has 1 aliphatic rings. The summed E-state index contributed by atoms with van der Waals surface area (Å²) in [7, 11) is -8.51. The number of rotatable bonds is 24. The molecule has 0 unspecified atom stereocenters. The first kappa shape index (κ1) is 37.6. The SMILES string of the molecule is CCC[Si](CCC)(CCC)OB1OB(O[Si](CCC)(CCC)CCC)OB(O[Si](CCC)(CCC)CCC)O1. The summed E-state index contributed by atoms with van der Waals surface area (Å²) in [6.45, 7) is 20.4. The summed E-state index contributed by atoms with van der Waals surface area (Å²) in [4.78, 5) is 0. The maximum atomic E-state index is 6.93. The highest BCUT2D eigenvalue weighted by Gasteiger charge is 2.54. The van der Waals surface area contributed by atoms with Crippen LogP contribution in [0.25, 0.3) is 0 Å². The van der Waals surface area contributed by atoms with Crippen molar-refractivity contribution in [1.29, 1.82) is 0 Å². The zero-order chi connectivity index (χ0) is 29.2. The van der Waals surface area contributed by atoms with E-state index in [4.69, 9.17) is 26.7 Å². The van der Waals surface area contributed by atoms with Crippen LogP contribution in [0.2, 0.25) is 54.4 Å². The molecule has 0 atom stereocenters. The molecular formula is C27H63B3O6Si3. The van der Waals surface area contributed by atoms with Crippen molar-refractivity contribution in [3.63, 3.8) is 0 Å². The normalized spacial score (nSPS) is 15.5. The van der Waals surface area contributed by atoms with Gasteiger partial charge in [0.2, 0.25) is 0 Å². The van der Waals surface area contributed by atoms with E-state index in [9.17, 15) is 0 Å². The Morgan fingerprint density at radius 3 is 0.615 bits per heavy atom. The predicted molar refractivity (Wildman–Crippen MR) is 177 cm³/mol. The monoisotopic (exact) mass is 600 g/mol. The summed E-state index contributed by atoms with van der Waals surface area (Å²) in [5, 5.41) is 0. The number of hydrogen-bond acceptors (Lipinski definition) is 6. The summed E-state index contributed by atoms with van der Waals surface area (Å²) in [5.74, 6) is 0. The Morgan fingerprint density at radius 1 is 0.333 bits per heavy atom. The van der Waals surface area contributed by atoms with Gasteiger partial charge in [-0.1, -0.05) is 120 Å². The standard InChI is InChI=1S/C27H63B3O6Si3/c1-10-19-37(20-11-2,21-12-3)34-28-31-29(35-38(22-13-4,23-14-5)24-15-6)33-30(32-28)36-39(25-16-7,26-17-8)27-18-9/h10-27H2,1-9H3. The van der Waals surface area contributed by atoms with E-state index in [1.54, 1.807) is 0 Å². The smallest absolute Gasteiger partial charge is 0.429 e. The highest BCUT2D eigenvalue weighted by atomic mass is 28.4. The van der Waals surface area contributed by atoms with Gasteiger partial charge in [0.25, 0.3) is 0 Å². The maximum absolute atomic E-state index is 6.93. The Balaban J connectivity index is 3.37. The molecule has 12 heteroatoms. The molecule has 1 aliphatic heterocycles. The molecule has 1 fully saturated rings. The van der Waals surface area contributed by atoms with E-state index >= 15 is 0 Å². The van der Waals surface area contributed by atoms with Gasteiger partial charge in [-0.15, -0.1) is 0 Å². The van der Waals surface area contributed by atoms with E-state index in [-0.39, 0.29) is 0 Å². The average molecular weight is 600 g/mol. The lowest BCUT2D eigenvalue weighted by molar-refractivity contribution is 0.138. The van der Waals surface area contributed by atoms with Crippen molar-refractivity contribution < 1.29 is 26.7 Å². The summed E-state index contributed by atoms with van der Waals surface area (Å²) >= 11 is 0. The Morgan fingerprint density at radius 2 is 0.487 bits per heavy atom. The molecule has 39 heavy (non-hydrogen) atoms. The molecule has 0 aromatic heterocycles. The van der Waals surface area contributed by atoms with Gasteiger partial charge in [0, 0.05) is 0 Å². The lowest BCUT2D eigenvalue weighted by Gasteiger charge is -2.41. The van der Waals surface area contributed by atoms with Crippen molar-refractivity contribution in [2.75, 3.05) is 0 Å². The molecule has 6 nitrogen and oxygen atoms in total. The third kappa shape index (κ3) is 12.8. The van der Waals surface area contributed by atoms with Gasteiger partial charge in [-0.2, -0.15) is 0 Å². The predicted octanol–water partition coefficient (Wildman–Crippen LogP) is 9.58. The van der Waals surface area contributed by atoms with Crippen LogP contribution < -0.4 is 0 Å². The molecule has 0 spiro atoms. The Kier molecular flexibility index (Phi) is 19.8. The molecule has 0 aromatic carbocycles. The van der Waals surface area contributed by atoms with E-state index in [1.165, 1.54) is 0 Å². The third-order valence-electron chi connectivity index (χ3n) is 8.06. The summed E-state index contributed by atoms with van der Waals surface area (Å²) in [6.07, 6.45) is 10.1. The van der Waals surface area contributed by atoms with Crippen molar-refractivity contribution in [2.45, 2.75) is 174 Å². The van der Waals surface area contributed by atoms with Crippen molar-refractivity contribution in [1.82, 2.24) is 0 Å². The highest BCUT2D eigenvalue weighted by Crippen LogP contribution is 2.34. The first-order valence-electron chi connectivity index (χ1n) is 16.8. The molecule has 0 aliphatic carbocycles. The van der Waals surface area contributed by atoms with Gasteiger partial charge in [-0.3, -0.25) is 0 Å². The van der Waals surface area contributed by atoms with E-state index in [1.807, 2.05) is 0 Å². The van der Waals surface area contributed by atoms with E-state index < -0.39 is 46.9 Å². The molecule has 0 aromatic rings. The Hall–Kier alpha value is 0.605. The van der Waals surface area contributed by atoms with Crippen molar-refractivity contribution in [3.05, 3.63) is 0 Å². The Labute approximate surface area is 247 Å². The zero-order valence-corrected chi connectivity index (χ0v) is 30.4. The fourth-order valence-electron chi connectivity index (χ4n) is 6.90. The molecule has 1 heterocycles. The first-order valence-corrected chi connectivity index (χ1v) is 24.4. The van der Waals surface area contributed by atoms with Crippen LogP contribution in [-0.4, -0.2) is 46.9 Å². The fourth-order valence-corrected chi connectivity index (χ4v) is 20.0. The van der Waals surface area contributed by atoms with Gasteiger partial charge >= 0.3 is 22.0 Å². The van der Waals surface area contributed by atoms with Crippen LogP contribution in [0.1, 0.15) is 120 Å². The lowest BCUT2D eigenvalue weighted by Crippen LogP contribution is -2.61. The summed E-state index contributed by atoms with van der Waals surface area (Å²) in [5.41, 5.74) is 0. The molecular weight excluding hydrogens is 537 g/mol. The summed E-state index contributed by atoms with van der Waals surface area (Å²) < 4.78 is 40.1. The van der Waals surface area contributed by atoms with Crippen molar-refractivity contribution in [2.24, 2.45) is 0 Å². The minimum atomic E-state index is -2.04. The van der Waals surface area contributed by atoms with Crippen LogP contribution >= 0.6 is 0 Å². The van der Waals surface area contributed by atoms with Gasteiger partial charge in [0.1, 0.15) is 0 Å². The summed E-state index contributed by atoms with van der Waals surface area (Å²) in [6, 6.07) is 10.1. The van der Waals surface area contributed by atoms with Crippen molar-refractivity contribution in [3.8, 4) is 0 Å². The van der Waals surface area contributed by atoms with Crippen LogP contribution in [0.3, 0.4) is 0 Å². The quantitative estimate of drug-likeness (QED) is 0.103. The molecule has 0 amide bonds. The maximum Gasteiger partial charge on any atom is 0.604 e. The largest absolute Gasteiger partial charge is 0.604 e. The lowest BCUT2D eigenvalue weighted by atomic mass is 9.98. The van der Waals surface area contributed by atoms with Crippen LogP contribution in [0.15, 0.2) is 0 Å². The zero-order valence-electron chi connectivity index (χ0n) is 27.4. The molecule has 1 rings (SSSR count). The van der Waals surface area contributed by atoms with Crippen LogP contribution in [-0.2, 0) is 26.7 Å². The van der Waals surface area contributed by atoms with E-state index in [0.717, 1.165) is 112 Å². The Bertz CT molecular complexity index is 487. The minimum Gasteiger partial charge on any atom is -0.429 e. The van der Waals surface area contributed by atoms with Gasteiger partial charge < -0.3 is 26.7 Å². The second kappa shape index (κ2) is 20.5. The van der Waals surface area contributed by atoms with Crippen molar-refractivity contribution >= 4 is 46.9 Å². The fraction of sp³-hybridized carbons (Fsp3) is 1.00. The third-order valence-corrected chi connectivity index (χ3v) is 22.8. The second-order valence-corrected chi connectivity index (χ2v) is 24.2. The second-order valence-electron chi connectivity index (χ2n) is 11.9. The van der Waals surface area contributed by atoms with Crippen LogP contribution in [0, 0.1) is 0 Å². The highest BCUT2D eigenvalue weighted by molar-refractivity contribution is 6.85. The van der Waals surface area contributed by atoms with Gasteiger partial charge in [0.05, 0.1) is 0 Å². The molecule has 228 valence electrons. The van der Waals surface area contributed by atoms with Gasteiger partial charge in [0.15, 0.2) is 25.0 Å². The van der Waals surface area contributed by atoms with Gasteiger partial charge in [-0.05, 0) is 54.4 Å². The topological polar surface area (TPSA) is 55.4 Å².